The molecule has 216 valence electrons. The summed E-state index contributed by atoms with van der Waals surface area (Å²) in [5.41, 5.74) is 1.01. The van der Waals surface area contributed by atoms with Crippen LogP contribution in [0.3, 0.4) is 0 Å². The second kappa shape index (κ2) is 10.9. The van der Waals surface area contributed by atoms with E-state index in [1.807, 2.05) is 6.92 Å². The van der Waals surface area contributed by atoms with Crippen LogP contribution in [-0.4, -0.2) is 45.1 Å². The number of sulfone groups is 1. The average Bonchev–Trinajstić information content (AvgIpc) is 2.96. The van der Waals surface area contributed by atoms with Gasteiger partial charge in [0.25, 0.3) is 0 Å². The second-order valence-corrected chi connectivity index (χ2v) is 11.9. The van der Waals surface area contributed by atoms with Gasteiger partial charge in [0.2, 0.25) is 9.84 Å². The minimum atomic E-state index is -4.92. The third kappa shape index (κ3) is 5.82. The first-order valence-corrected chi connectivity index (χ1v) is 14.6. The summed E-state index contributed by atoms with van der Waals surface area (Å²) in [5.74, 6) is 0.165. The Bertz CT molecular complexity index is 1650. The van der Waals surface area contributed by atoms with Gasteiger partial charge in [-0.25, -0.2) is 8.42 Å². The molecule has 0 amide bonds. The van der Waals surface area contributed by atoms with Crippen molar-refractivity contribution >= 4 is 26.4 Å². The number of hydrogen-bond donors (Lipinski definition) is 1. The maximum absolute atomic E-state index is 13.9. The normalized spacial score (nSPS) is 15.6. The summed E-state index contributed by atoms with van der Waals surface area (Å²) in [6.45, 7) is 2.44. The summed E-state index contributed by atoms with van der Waals surface area (Å²) in [4.78, 5) is 5.99. The number of aromatic nitrogens is 1. The van der Waals surface area contributed by atoms with Crippen molar-refractivity contribution in [2.75, 3.05) is 25.1 Å². The van der Waals surface area contributed by atoms with E-state index >= 15 is 0 Å². The summed E-state index contributed by atoms with van der Waals surface area (Å²) >= 11 is 0. The van der Waals surface area contributed by atoms with Gasteiger partial charge in [-0.2, -0.15) is 0 Å². The van der Waals surface area contributed by atoms with Crippen molar-refractivity contribution in [3.8, 4) is 11.5 Å². The Morgan fingerprint density at radius 2 is 1.61 bits per heavy atom. The van der Waals surface area contributed by atoms with Gasteiger partial charge in [0.15, 0.2) is 0 Å². The number of aryl methyl sites for hydroxylation is 1. The zero-order chi connectivity index (χ0) is 29.4. The van der Waals surface area contributed by atoms with Crippen molar-refractivity contribution in [3.63, 3.8) is 0 Å². The highest BCUT2D eigenvalue weighted by Gasteiger charge is 2.37. The Morgan fingerprint density at radius 3 is 2.20 bits per heavy atom. The zero-order valence-corrected chi connectivity index (χ0v) is 23.3. The molecule has 1 fully saturated rings. The van der Waals surface area contributed by atoms with Crippen LogP contribution < -0.4 is 14.4 Å². The maximum atomic E-state index is 13.9. The minimum Gasteiger partial charge on any atom is -0.497 e. The number of nitrogens with zero attached hydrogens (tertiary/aromatic N) is 2. The molecule has 1 aliphatic heterocycles. The fraction of sp³-hybridized carbons (Fsp3) is 0.300. The predicted octanol–water partition coefficient (Wildman–Crippen LogP) is 6.03. The molecule has 1 aromatic heterocycles. The third-order valence-electron chi connectivity index (χ3n) is 7.48. The van der Waals surface area contributed by atoms with Gasteiger partial charge in [0, 0.05) is 24.7 Å². The topological polar surface area (TPSA) is 89.0 Å². The van der Waals surface area contributed by atoms with Crippen LogP contribution in [0.2, 0.25) is 0 Å². The maximum Gasteiger partial charge on any atom is 0.573 e. The summed E-state index contributed by atoms with van der Waals surface area (Å²) in [6, 6.07) is 17.2. The van der Waals surface area contributed by atoms with Crippen LogP contribution in [0.25, 0.3) is 10.9 Å². The Kier molecular flexibility index (Phi) is 7.60. The van der Waals surface area contributed by atoms with Crippen molar-refractivity contribution < 1.29 is 36.2 Å². The van der Waals surface area contributed by atoms with Gasteiger partial charge in [0.05, 0.1) is 28.8 Å². The number of aliphatic hydroxyl groups is 1. The van der Waals surface area contributed by atoms with Crippen LogP contribution in [0.4, 0.5) is 18.9 Å². The Balaban J connectivity index is 1.59. The van der Waals surface area contributed by atoms with E-state index in [0.29, 0.717) is 16.8 Å². The average molecular weight is 587 g/mol. The summed E-state index contributed by atoms with van der Waals surface area (Å²) in [6.07, 6.45) is -2.43. The highest BCUT2D eigenvalue weighted by Crippen LogP contribution is 2.42. The van der Waals surface area contributed by atoms with Gasteiger partial charge in [-0.15, -0.1) is 13.2 Å². The quantitative estimate of drug-likeness (QED) is 0.283. The van der Waals surface area contributed by atoms with Gasteiger partial charge >= 0.3 is 6.36 Å². The Labute approximate surface area is 236 Å². The number of rotatable bonds is 7. The first-order chi connectivity index (χ1) is 19.4. The second-order valence-electron chi connectivity index (χ2n) is 9.95. The summed E-state index contributed by atoms with van der Waals surface area (Å²) < 4.78 is 76.4. The van der Waals surface area contributed by atoms with E-state index in [1.165, 1.54) is 24.4 Å². The monoisotopic (exact) mass is 586 g/mol. The van der Waals surface area contributed by atoms with Crippen molar-refractivity contribution in [2.45, 2.75) is 47.9 Å². The number of fused-ring (bicyclic) bond motifs is 1. The number of piperidine rings is 1. The fourth-order valence-corrected chi connectivity index (χ4v) is 6.61. The lowest BCUT2D eigenvalue weighted by molar-refractivity contribution is -0.274. The molecule has 0 spiro atoms. The van der Waals surface area contributed by atoms with E-state index in [1.54, 1.807) is 48.4 Å². The molecule has 0 bridgehead atoms. The van der Waals surface area contributed by atoms with Gasteiger partial charge in [-0.1, -0.05) is 31.2 Å². The lowest BCUT2D eigenvalue weighted by Crippen LogP contribution is -2.43. The van der Waals surface area contributed by atoms with Crippen molar-refractivity contribution in [1.82, 2.24) is 4.98 Å². The number of pyridine rings is 1. The van der Waals surface area contributed by atoms with Crippen LogP contribution in [0.15, 0.2) is 82.7 Å². The van der Waals surface area contributed by atoms with Gasteiger partial charge in [-0.3, -0.25) is 4.98 Å². The molecule has 11 heteroatoms. The highest BCUT2D eigenvalue weighted by atomic mass is 32.2. The standard InChI is InChI=1S/C30H29F3N2O5S/c1-3-20-4-11-24(12-5-20)41(37,38)27-19-34-26-13-10-23(40-30(31,32)33)18-25(26)28(27)35-16-14-29(36,15-17-35)21-6-8-22(39-2)9-7-21/h4-13,18-19,36H,3,14-17H2,1-2H3. The molecule has 0 aliphatic carbocycles. The molecular weight excluding hydrogens is 557 g/mol. The van der Waals surface area contributed by atoms with Crippen LogP contribution in [-0.2, 0) is 21.9 Å². The molecule has 41 heavy (non-hydrogen) atoms. The third-order valence-corrected chi connectivity index (χ3v) is 9.25. The predicted molar refractivity (Wildman–Crippen MR) is 148 cm³/mol. The molecule has 0 atom stereocenters. The molecule has 0 radical (unpaired) electrons. The van der Waals surface area contributed by atoms with E-state index < -0.39 is 27.6 Å². The molecule has 5 rings (SSSR count). The number of ether oxygens (including phenoxy) is 2. The van der Waals surface area contributed by atoms with E-state index in [2.05, 4.69) is 9.72 Å². The van der Waals surface area contributed by atoms with E-state index in [4.69, 9.17) is 4.74 Å². The smallest absolute Gasteiger partial charge is 0.497 e. The zero-order valence-electron chi connectivity index (χ0n) is 22.5. The summed E-state index contributed by atoms with van der Waals surface area (Å²) in [5, 5.41) is 11.7. The molecule has 1 N–H and O–H groups in total. The number of halogens is 3. The number of hydrogen-bond acceptors (Lipinski definition) is 7. The number of alkyl halides is 3. The molecule has 7 nitrogen and oxygen atoms in total. The first kappa shape index (κ1) is 28.7. The van der Waals surface area contributed by atoms with Crippen molar-refractivity contribution in [1.29, 1.82) is 0 Å². The number of benzene rings is 3. The SMILES string of the molecule is CCc1ccc(S(=O)(=O)c2cnc3ccc(OC(F)(F)F)cc3c2N2CCC(O)(c3ccc(OC)cc3)CC2)cc1. The Morgan fingerprint density at radius 1 is 0.976 bits per heavy atom. The van der Waals surface area contributed by atoms with Crippen LogP contribution >= 0.6 is 0 Å². The van der Waals surface area contributed by atoms with Gasteiger partial charge in [0.1, 0.15) is 16.4 Å². The lowest BCUT2D eigenvalue weighted by Gasteiger charge is -2.40. The van der Waals surface area contributed by atoms with Crippen LogP contribution in [0.1, 0.15) is 30.9 Å². The van der Waals surface area contributed by atoms with E-state index in [9.17, 15) is 26.7 Å². The molecule has 0 saturated carbocycles. The van der Waals surface area contributed by atoms with Crippen molar-refractivity contribution in [3.05, 3.63) is 84.1 Å². The summed E-state index contributed by atoms with van der Waals surface area (Å²) in [7, 11) is -2.56. The van der Waals surface area contributed by atoms with Gasteiger partial charge in [-0.05, 0) is 72.9 Å². The van der Waals surface area contributed by atoms with E-state index in [0.717, 1.165) is 24.1 Å². The molecule has 1 saturated heterocycles. The molecule has 1 aliphatic rings. The largest absolute Gasteiger partial charge is 0.573 e. The van der Waals surface area contributed by atoms with Gasteiger partial charge < -0.3 is 19.5 Å². The molecule has 2 heterocycles. The highest BCUT2D eigenvalue weighted by molar-refractivity contribution is 7.91. The number of methoxy groups -OCH3 is 1. The first-order valence-electron chi connectivity index (χ1n) is 13.1. The van der Waals surface area contributed by atoms with Crippen LogP contribution in [0.5, 0.6) is 11.5 Å². The minimum absolute atomic E-state index is 0.0477. The molecule has 0 unspecified atom stereocenters. The Hall–Kier alpha value is -3.83. The molecule has 4 aromatic rings. The lowest BCUT2D eigenvalue weighted by atomic mass is 9.84. The van der Waals surface area contributed by atoms with E-state index in [-0.39, 0.29) is 46.8 Å². The number of anilines is 1. The fourth-order valence-electron chi connectivity index (χ4n) is 5.18. The van der Waals surface area contributed by atoms with Crippen molar-refractivity contribution in [2.24, 2.45) is 0 Å². The molecule has 3 aromatic carbocycles. The van der Waals surface area contributed by atoms with Crippen LogP contribution in [0, 0.1) is 0 Å². The molecular formula is C30H29F3N2O5S.